The number of rotatable bonds is 6. The molecule has 21 heavy (non-hydrogen) atoms. The maximum absolute atomic E-state index is 11.3. The first-order valence-electron chi connectivity index (χ1n) is 7.74. The smallest absolute Gasteiger partial charge is 0.153 e. The molecule has 0 aromatic carbocycles. The minimum atomic E-state index is -2.99. The summed E-state index contributed by atoms with van der Waals surface area (Å²) in [6.07, 6.45) is 6.28. The molecule has 0 saturated carbocycles. The number of hydrogen-bond donors (Lipinski definition) is 0. The number of aromatic nitrogens is 1. The zero-order valence-electron chi connectivity index (χ0n) is 13.2. The molecule has 0 aliphatic carbocycles. The van der Waals surface area contributed by atoms with Crippen LogP contribution >= 0.6 is 11.3 Å². The van der Waals surface area contributed by atoms with Crippen LogP contribution in [0.5, 0.6) is 0 Å². The normalized spacial score (nSPS) is 24.3. The molecule has 1 aliphatic heterocycles. The average Bonchev–Trinajstić information content (AvgIpc) is 2.78. The molecule has 1 aromatic rings. The molecule has 0 bridgehead atoms. The Labute approximate surface area is 132 Å². The third-order valence-electron chi connectivity index (χ3n) is 4.17. The molecule has 0 unspecified atom stereocenters. The molecule has 2 rings (SSSR count). The molecule has 1 aromatic heterocycles. The lowest BCUT2D eigenvalue weighted by Crippen LogP contribution is -2.43. The number of likely N-dealkylation sites (tertiary alicyclic amines) is 1. The second-order valence-corrected chi connectivity index (χ2v) is 9.33. The van der Waals surface area contributed by atoms with Gasteiger partial charge in [0, 0.05) is 24.2 Å². The van der Waals surface area contributed by atoms with Crippen LogP contribution in [0.25, 0.3) is 0 Å². The topological polar surface area (TPSA) is 50.3 Å². The molecule has 0 spiro atoms. The largest absolute Gasteiger partial charge is 0.294 e. The highest BCUT2D eigenvalue weighted by atomic mass is 32.2. The standard InChI is InChI=1S/C15H26N2O2S2/c1-4-6-14-12(2)7-5-8-17(14)9-13-10-20-15(16-13)11-21(3,18)19/h10,12,14H,4-9,11H2,1-3H3/t12-,14+/m0/s1. The van der Waals surface area contributed by atoms with Gasteiger partial charge in [-0.3, -0.25) is 4.90 Å². The molecule has 1 aliphatic rings. The second-order valence-electron chi connectivity index (χ2n) is 6.25. The van der Waals surface area contributed by atoms with E-state index in [1.54, 1.807) is 0 Å². The zero-order chi connectivity index (χ0) is 15.5. The Bertz CT molecular complexity index is 554. The fourth-order valence-corrected chi connectivity index (χ4v) is 5.21. The summed E-state index contributed by atoms with van der Waals surface area (Å²) in [6.45, 7) is 6.58. The summed E-state index contributed by atoms with van der Waals surface area (Å²) in [5, 5.41) is 2.73. The molecule has 6 heteroatoms. The van der Waals surface area contributed by atoms with Crippen molar-refractivity contribution in [3.63, 3.8) is 0 Å². The van der Waals surface area contributed by atoms with Crippen LogP contribution < -0.4 is 0 Å². The Morgan fingerprint density at radius 1 is 1.48 bits per heavy atom. The summed E-state index contributed by atoms with van der Waals surface area (Å²) in [5.41, 5.74) is 1.02. The van der Waals surface area contributed by atoms with E-state index in [1.165, 1.54) is 43.3 Å². The van der Waals surface area contributed by atoms with Crippen molar-refractivity contribution in [2.75, 3.05) is 12.8 Å². The summed E-state index contributed by atoms with van der Waals surface area (Å²) in [7, 11) is -2.99. The Kier molecular flexibility index (Phi) is 5.80. The Morgan fingerprint density at radius 2 is 2.24 bits per heavy atom. The van der Waals surface area contributed by atoms with Gasteiger partial charge in [-0.05, 0) is 31.7 Å². The molecule has 0 N–H and O–H groups in total. The number of piperidine rings is 1. The van der Waals surface area contributed by atoms with Gasteiger partial charge in [0.25, 0.3) is 0 Å². The van der Waals surface area contributed by atoms with E-state index < -0.39 is 9.84 Å². The van der Waals surface area contributed by atoms with Crippen LogP contribution in [0.1, 0.15) is 50.2 Å². The van der Waals surface area contributed by atoms with Gasteiger partial charge in [-0.15, -0.1) is 11.3 Å². The van der Waals surface area contributed by atoms with Crippen LogP contribution in [-0.2, 0) is 22.1 Å². The Balaban J connectivity index is 2.02. The van der Waals surface area contributed by atoms with Gasteiger partial charge >= 0.3 is 0 Å². The van der Waals surface area contributed by atoms with E-state index in [-0.39, 0.29) is 5.75 Å². The maximum atomic E-state index is 11.3. The quantitative estimate of drug-likeness (QED) is 0.804. The summed E-state index contributed by atoms with van der Waals surface area (Å²) >= 11 is 1.46. The molecule has 1 fully saturated rings. The van der Waals surface area contributed by atoms with Crippen molar-refractivity contribution in [3.05, 3.63) is 16.1 Å². The van der Waals surface area contributed by atoms with Crippen LogP contribution in [0.15, 0.2) is 5.38 Å². The summed E-state index contributed by atoms with van der Waals surface area (Å²) < 4.78 is 22.7. The average molecular weight is 331 g/mol. The van der Waals surface area contributed by atoms with Gasteiger partial charge in [0.1, 0.15) is 10.8 Å². The van der Waals surface area contributed by atoms with Crippen molar-refractivity contribution in [1.82, 2.24) is 9.88 Å². The molecule has 2 heterocycles. The van der Waals surface area contributed by atoms with Crippen molar-refractivity contribution in [3.8, 4) is 0 Å². The third kappa shape index (κ3) is 5.04. The van der Waals surface area contributed by atoms with E-state index in [0.29, 0.717) is 11.0 Å². The van der Waals surface area contributed by atoms with Gasteiger partial charge in [-0.1, -0.05) is 20.3 Å². The van der Waals surface area contributed by atoms with E-state index in [0.717, 1.165) is 24.7 Å². The monoisotopic (exact) mass is 330 g/mol. The number of nitrogens with zero attached hydrogens (tertiary/aromatic N) is 2. The second kappa shape index (κ2) is 7.20. The Morgan fingerprint density at radius 3 is 2.90 bits per heavy atom. The highest BCUT2D eigenvalue weighted by Crippen LogP contribution is 2.28. The first-order valence-corrected chi connectivity index (χ1v) is 10.7. The fraction of sp³-hybridized carbons (Fsp3) is 0.800. The third-order valence-corrected chi connectivity index (χ3v) is 6.04. The van der Waals surface area contributed by atoms with E-state index in [4.69, 9.17) is 0 Å². The summed E-state index contributed by atoms with van der Waals surface area (Å²) in [4.78, 5) is 7.05. The lowest BCUT2D eigenvalue weighted by atomic mass is 9.88. The van der Waals surface area contributed by atoms with E-state index in [9.17, 15) is 8.42 Å². The lowest BCUT2D eigenvalue weighted by Gasteiger charge is -2.39. The van der Waals surface area contributed by atoms with Crippen LogP contribution in [0.3, 0.4) is 0 Å². The number of sulfone groups is 1. The summed E-state index contributed by atoms with van der Waals surface area (Å²) in [6, 6.07) is 0.642. The highest BCUT2D eigenvalue weighted by molar-refractivity contribution is 7.90. The zero-order valence-corrected chi connectivity index (χ0v) is 14.8. The minimum Gasteiger partial charge on any atom is -0.294 e. The molecule has 0 amide bonds. The van der Waals surface area contributed by atoms with Crippen molar-refractivity contribution >= 4 is 21.2 Å². The van der Waals surface area contributed by atoms with E-state index in [1.807, 2.05) is 5.38 Å². The number of hydrogen-bond acceptors (Lipinski definition) is 5. The predicted molar refractivity (Wildman–Crippen MR) is 88.2 cm³/mol. The SMILES string of the molecule is CCC[C@@H]1[C@@H](C)CCCN1Cc1csc(CS(C)(=O)=O)n1. The van der Waals surface area contributed by atoms with Crippen LogP contribution in [0, 0.1) is 5.92 Å². The van der Waals surface area contributed by atoms with Gasteiger partial charge in [0.05, 0.1) is 5.69 Å². The van der Waals surface area contributed by atoms with E-state index in [2.05, 4.69) is 23.7 Å². The molecule has 4 nitrogen and oxygen atoms in total. The van der Waals surface area contributed by atoms with Gasteiger partial charge < -0.3 is 0 Å². The van der Waals surface area contributed by atoms with Crippen molar-refractivity contribution in [2.24, 2.45) is 5.92 Å². The van der Waals surface area contributed by atoms with Crippen molar-refractivity contribution in [1.29, 1.82) is 0 Å². The number of thiazole rings is 1. The van der Waals surface area contributed by atoms with Crippen molar-refractivity contribution in [2.45, 2.75) is 57.9 Å². The van der Waals surface area contributed by atoms with Crippen LogP contribution in [0.2, 0.25) is 0 Å². The summed E-state index contributed by atoms with van der Waals surface area (Å²) in [5.74, 6) is 0.805. The molecule has 120 valence electrons. The molecular weight excluding hydrogens is 304 g/mol. The highest BCUT2D eigenvalue weighted by Gasteiger charge is 2.28. The fourth-order valence-electron chi connectivity index (χ4n) is 3.21. The predicted octanol–water partition coefficient (Wildman–Crippen LogP) is 3.09. The van der Waals surface area contributed by atoms with Gasteiger partial charge in [-0.2, -0.15) is 0 Å². The minimum absolute atomic E-state index is 0.0620. The first kappa shape index (κ1) is 16.9. The van der Waals surface area contributed by atoms with E-state index >= 15 is 0 Å². The van der Waals surface area contributed by atoms with Gasteiger partial charge in [0.15, 0.2) is 9.84 Å². The van der Waals surface area contributed by atoms with Crippen LogP contribution in [-0.4, -0.2) is 37.1 Å². The van der Waals surface area contributed by atoms with Gasteiger partial charge in [-0.25, -0.2) is 13.4 Å². The Hall–Kier alpha value is -0.460. The molecule has 0 radical (unpaired) electrons. The molecular formula is C15H26N2O2S2. The first-order chi connectivity index (χ1) is 9.89. The molecule has 2 atom stereocenters. The van der Waals surface area contributed by atoms with Crippen LogP contribution in [0.4, 0.5) is 0 Å². The lowest BCUT2D eigenvalue weighted by molar-refractivity contribution is 0.0853. The maximum Gasteiger partial charge on any atom is 0.153 e. The van der Waals surface area contributed by atoms with Crippen molar-refractivity contribution < 1.29 is 8.42 Å². The molecule has 1 saturated heterocycles. The van der Waals surface area contributed by atoms with Gasteiger partial charge in [0.2, 0.25) is 0 Å².